The third-order valence-corrected chi connectivity index (χ3v) is 11.8. The Morgan fingerprint density at radius 3 is 2.44 bits per heavy atom. The number of nitrogens with two attached hydrogens (primary N) is 1. The van der Waals surface area contributed by atoms with Gasteiger partial charge in [-0.25, -0.2) is 9.55 Å². The maximum Gasteiger partial charge on any atom is 0.472 e. The Hall–Kier alpha value is -3.88. The summed E-state index contributed by atoms with van der Waals surface area (Å²) in [6, 6.07) is 0.299. The zero-order valence-electron chi connectivity index (χ0n) is 34.0. The van der Waals surface area contributed by atoms with E-state index in [-0.39, 0.29) is 50.7 Å². The number of amides is 4. The summed E-state index contributed by atoms with van der Waals surface area (Å²) in [5, 5.41) is 17.3. The van der Waals surface area contributed by atoms with Crippen molar-refractivity contribution < 1.29 is 61.9 Å². The average molecular weight is 871 g/mol. The van der Waals surface area contributed by atoms with Gasteiger partial charge in [0.05, 0.1) is 69.8 Å². The van der Waals surface area contributed by atoms with Crippen LogP contribution in [0.5, 0.6) is 0 Å². The molecular formula is C38H59N6O13PS. The first-order valence-corrected chi connectivity index (χ1v) is 22.0. The van der Waals surface area contributed by atoms with Gasteiger partial charge in [-0.1, -0.05) is 19.9 Å². The molecule has 3 heterocycles. The monoisotopic (exact) mass is 870 g/mol. The quantitative estimate of drug-likeness (QED) is 0.0499. The van der Waals surface area contributed by atoms with Gasteiger partial charge in [0.2, 0.25) is 23.6 Å². The molecule has 0 aromatic carbocycles. The molecule has 7 atom stereocenters. The highest BCUT2D eigenvalue weighted by Crippen LogP contribution is 2.46. The molecule has 3 rings (SSSR count). The molecule has 1 aliphatic heterocycles. The van der Waals surface area contributed by atoms with E-state index in [9.17, 15) is 43.3 Å². The van der Waals surface area contributed by atoms with Crippen LogP contribution in [0.4, 0.5) is 0 Å². The van der Waals surface area contributed by atoms with Gasteiger partial charge in [-0.3, -0.25) is 37.8 Å². The minimum absolute atomic E-state index is 0.0311. The summed E-state index contributed by atoms with van der Waals surface area (Å²) in [6.45, 7) is 5.24. The molecule has 1 unspecified atom stereocenters. The molecule has 2 aromatic rings. The fourth-order valence-corrected chi connectivity index (χ4v) is 8.24. The molecule has 1 fully saturated rings. The third kappa shape index (κ3) is 17.0. The van der Waals surface area contributed by atoms with Crippen molar-refractivity contribution in [2.45, 2.75) is 96.4 Å². The number of nitrogens with one attached hydrogen (secondary N) is 3. The lowest BCUT2D eigenvalue weighted by Gasteiger charge is -2.28. The Morgan fingerprint density at radius 2 is 1.81 bits per heavy atom. The number of likely N-dealkylation sites (tertiary alicyclic amines) is 1. The van der Waals surface area contributed by atoms with Gasteiger partial charge in [-0.05, 0) is 43.6 Å². The molecule has 7 N–H and O–H groups in total. The van der Waals surface area contributed by atoms with Crippen LogP contribution in [0.2, 0.25) is 0 Å². The summed E-state index contributed by atoms with van der Waals surface area (Å²) >= 11 is 1.44. The largest absolute Gasteiger partial charge is 0.472 e. The van der Waals surface area contributed by atoms with E-state index in [0.717, 1.165) is 4.88 Å². The number of imidazole rings is 1. The Bertz CT molecular complexity index is 1700. The first-order valence-electron chi connectivity index (χ1n) is 19.6. The second-order valence-electron chi connectivity index (χ2n) is 14.8. The molecule has 21 heteroatoms. The number of phosphoric acid groups is 1. The summed E-state index contributed by atoms with van der Waals surface area (Å²) in [5.41, 5.74) is 6.04. The second kappa shape index (κ2) is 25.0. The van der Waals surface area contributed by atoms with Crippen LogP contribution in [0.25, 0.3) is 0 Å². The van der Waals surface area contributed by atoms with E-state index in [1.165, 1.54) is 35.7 Å². The second-order valence-corrected chi connectivity index (χ2v) is 17.2. The lowest BCUT2D eigenvalue weighted by atomic mass is 9.89. The van der Waals surface area contributed by atoms with Crippen LogP contribution < -0.4 is 16.4 Å². The lowest BCUT2D eigenvalue weighted by molar-refractivity contribution is -0.140. The Labute approximate surface area is 348 Å². The Kier molecular flexibility index (Phi) is 21.0. The van der Waals surface area contributed by atoms with Crippen molar-refractivity contribution in [3.05, 3.63) is 40.6 Å². The van der Waals surface area contributed by atoms with Crippen LogP contribution in [-0.2, 0) is 64.7 Å². The van der Waals surface area contributed by atoms with Gasteiger partial charge in [-0.2, -0.15) is 0 Å². The van der Waals surface area contributed by atoms with Crippen LogP contribution in [0.3, 0.4) is 0 Å². The first kappa shape index (κ1) is 49.5. The number of primary amides is 1. The molecule has 1 aliphatic rings. The smallest absolute Gasteiger partial charge is 0.394 e. The minimum atomic E-state index is -4.69. The SMILES string of the molecule is COCCOCCC(=O)N1CCC[C@H]1C(=O)N[C@@H](CC(C)C)C(=O)C[C@@H](Cc1cnc[nH]1)C(=O)N[C@@H](CO)C(=O)C[C@H](C(N)=O)[C@@H](C)OP(=O)(O)OCCc1cccs1. The van der Waals surface area contributed by atoms with E-state index in [0.29, 0.717) is 44.7 Å². The number of thiophene rings is 1. The Balaban J connectivity index is 1.68. The molecule has 0 saturated carbocycles. The van der Waals surface area contributed by atoms with Crippen LogP contribution in [0.1, 0.15) is 69.9 Å². The van der Waals surface area contributed by atoms with Gasteiger partial charge in [0.25, 0.3) is 0 Å². The predicted octanol–water partition coefficient (Wildman–Crippen LogP) is 1.47. The Morgan fingerprint density at radius 1 is 1.07 bits per heavy atom. The molecule has 0 spiro atoms. The summed E-state index contributed by atoms with van der Waals surface area (Å²) in [7, 11) is -3.14. The summed E-state index contributed by atoms with van der Waals surface area (Å²) in [5.74, 6) is -6.46. The van der Waals surface area contributed by atoms with Gasteiger partial charge in [0.15, 0.2) is 11.6 Å². The normalized spacial score (nSPS) is 17.7. The molecule has 1 saturated heterocycles. The number of carbonyl (C=O) groups is 6. The van der Waals surface area contributed by atoms with Crippen molar-refractivity contribution >= 4 is 54.4 Å². The van der Waals surface area contributed by atoms with Crippen molar-refractivity contribution in [3.8, 4) is 0 Å². The van der Waals surface area contributed by atoms with Gasteiger partial charge in [0.1, 0.15) is 12.1 Å². The van der Waals surface area contributed by atoms with E-state index in [1.807, 2.05) is 31.4 Å². The number of carbonyl (C=O) groups excluding carboxylic acids is 6. The van der Waals surface area contributed by atoms with Gasteiger partial charge in [0, 0.05) is 56.1 Å². The van der Waals surface area contributed by atoms with Crippen molar-refractivity contribution in [2.75, 3.05) is 46.7 Å². The molecule has 330 valence electrons. The van der Waals surface area contributed by atoms with E-state index in [4.69, 9.17) is 24.3 Å². The number of Topliss-reactive ketones (excluding diaryl/α,β-unsaturated/α-hetero) is 2. The van der Waals surface area contributed by atoms with E-state index in [2.05, 4.69) is 20.6 Å². The van der Waals surface area contributed by atoms with Gasteiger partial charge in [-0.15, -0.1) is 11.3 Å². The number of aromatic amines is 1. The number of hydrogen-bond donors (Lipinski definition) is 6. The number of aromatic nitrogens is 2. The number of aliphatic hydroxyl groups is 1. The molecule has 0 radical (unpaired) electrons. The molecule has 0 aliphatic carbocycles. The third-order valence-electron chi connectivity index (χ3n) is 9.74. The minimum Gasteiger partial charge on any atom is -0.394 e. The molecule has 19 nitrogen and oxygen atoms in total. The highest BCUT2D eigenvalue weighted by molar-refractivity contribution is 7.47. The molecular weight excluding hydrogens is 811 g/mol. The highest BCUT2D eigenvalue weighted by Gasteiger charge is 2.38. The maximum atomic E-state index is 14.0. The summed E-state index contributed by atoms with van der Waals surface area (Å²) in [4.78, 5) is 99.8. The van der Waals surface area contributed by atoms with E-state index in [1.54, 1.807) is 7.11 Å². The molecule has 0 bridgehead atoms. The van der Waals surface area contributed by atoms with Crippen LogP contribution in [-0.4, -0.2) is 131 Å². The first-order chi connectivity index (χ1) is 28.0. The number of aliphatic hydroxyl groups excluding tert-OH is 1. The summed E-state index contributed by atoms with van der Waals surface area (Å²) in [6.07, 6.45) is 2.06. The van der Waals surface area contributed by atoms with Gasteiger partial charge < -0.3 is 45.7 Å². The molecule has 4 amide bonds. The number of methoxy groups -OCH3 is 1. The van der Waals surface area contributed by atoms with Crippen LogP contribution in [0, 0.1) is 17.8 Å². The lowest BCUT2D eigenvalue weighted by Crippen LogP contribution is -2.52. The number of nitrogens with zero attached hydrogens (tertiary/aromatic N) is 2. The fourth-order valence-electron chi connectivity index (χ4n) is 6.60. The number of rotatable bonds is 29. The standard InChI is InChI=1S/C38H59N6O13PS/c1-24(2)17-30(42-38(51)32-8-5-11-44(32)35(48)10-12-55-15-14-54-4)33(46)19-26(18-27-21-40-23-41-27)37(50)43-31(22-45)34(47)20-29(36(39)49)25(3)57-58(52,53)56-13-9-28-7-6-16-59-28/h6-7,16,21,23-26,29-32,45H,5,8-15,17-20,22H2,1-4H3,(H2,39,49)(H,40,41)(H,42,51)(H,43,50)(H,52,53)/t25-,26-,29+,30+,31+,32+/m1/s1. The fraction of sp³-hybridized carbons (Fsp3) is 0.658. The number of ether oxygens (including phenoxy) is 2. The van der Waals surface area contributed by atoms with Crippen molar-refractivity contribution in [1.82, 2.24) is 25.5 Å². The molecule has 2 aromatic heterocycles. The number of ketones is 2. The van der Waals surface area contributed by atoms with Crippen molar-refractivity contribution in [1.29, 1.82) is 0 Å². The number of phosphoric ester groups is 1. The van der Waals surface area contributed by atoms with E-state index < -0.39 is 86.2 Å². The molecule has 59 heavy (non-hydrogen) atoms. The summed E-state index contributed by atoms with van der Waals surface area (Å²) < 4.78 is 33.2. The van der Waals surface area contributed by atoms with E-state index >= 15 is 0 Å². The zero-order chi connectivity index (χ0) is 43.5. The van der Waals surface area contributed by atoms with Crippen molar-refractivity contribution in [2.24, 2.45) is 23.5 Å². The number of hydrogen-bond acceptors (Lipinski definition) is 14. The van der Waals surface area contributed by atoms with Gasteiger partial charge >= 0.3 is 7.82 Å². The predicted molar refractivity (Wildman–Crippen MR) is 215 cm³/mol. The van der Waals surface area contributed by atoms with Crippen molar-refractivity contribution in [3.63, 3.8) is 0 Å². The topological polar surface area (TPSA) is 279 Å². The maximum absolute atomic E-state index is 14.0. The van der Waals surface area contributed by atoms with Crippen LogP contribution >= 0.6 is 19.2 Å². The average Bonchev–Trinajstić information content (AvgIpc) is 3.99. The highest BCUT2D eigenvalue weighted by atomic mass is 32.1. The number of H-pyrrole nitrogens is 1. The zero-order valence-corrected chi connectivity index (χ0v) is 35.8. The van der Waals surface area contributed by atoms with Crippen LogP contribution in [0.15, 0.2) is 30.0 Å².